The molecule has 3 heterocycles. The molecule has 39 heavy (non-hydrogen) atoms. The Morgan fingerprint density at radius 3 is 2.67 bits per heavy atom. The van der Waals surface area contributed by atoms with Gasteiger partial charge in [0.15, 0.2) is 0 Å². The van der Waals surface area contributed by atoms with Crippen LogP contribution in [0.15, 0.2) is 42.7 Å². The van der Waals surface area contributed by atoms with Gasteiger partial charge >= 0.3 is 6.18 Å². The van der Waals surface area contributed by atoms with Crippen molar-refractivity contribution in [3.05, 3.63) is 71.1 Å². The number of ether oxygens (including phenoxy) is 2. The number of benzene rings is 1. The topological polar surface area (TPSA) is 76.6 Å². The Kier molecular flexibility index (Phi) is 8.79. The second kappa shape index (κ2) is 12.2. The van der Waals surface area contributed by atoms with Crippen LogP contribution in [0.25, 0.3) is 11.1 Å². The van der Waals surface area contributed by atoms with Crippen LogP contribution < -0.4 is 10.2 Å². The Hall–Kier alpha value is -4.01. The molecule has 3 aromatic rings. The number of carbonyl (C=O) groups is 1. The summed E-state index contributed by atoms with van der Waals surface area (Å²) in [5.74, 6) is 4.38. The normalized spacial score (nSPS) is 13.5. The number of hydrogen-bond donors (Lipinski definition) is 1. The zero-order valence-electron chi connectivity index (χ0n) is 21.4. The highest BCUT2D eigenvalue weighted by molar-refractivity contribution is 6.04. The third-order valence-corrected chi connectivity index (χ3v) is 5.99. The number of anilines is 2. The largest absolute Gasteiger partial charge is 0.433 e. The summed E-state index contributed by atoms with van der Waals surface area (Å²) in [6.45, 7) is 6.79. The number of rotatable bonds is 6. The summed E-state index contributed by atoms with van der Waals surface area (Å²) >= 11 is 0. The number of alkyl halides is 3. The summed E-state index contributed by atoms with van der Waals surface area (Å²) in [6, 6.07) is 6.33. The summed E-state index contributed by atoms with van der Waals surface area (Å²) in [4.78, 5) is 22.6. The molecule has 0 atom stereocenters. The number of carbonyl (C=O) groups excluding carboxylic acids is 1. The van der Waals surface area contributed by atoms with Gasteiger partial charge in [0, 0.05) is 43.2 Å². The fraction of sp³-hybridized carbons (Fsp3) is 0.321. The van der Waals surface area contributed by atoms with Crippen molar-refractivity contribution in [2.24, 2.45) is 0 Å². The Labute approximate surface area is 223 Å². The number of morpholine rings is 1. The summed E-state index contributed by atoms with van der Waals surface area (Å²) in [7, 11) is 0. The first kappa shape index (κ1) is 28.0. The summed E-state index contributed by atoms with van der Waals surface area (Å²) < 4.78 is 64.7. The summed E-state index contributed by atoms with van der Waals surface area (Å²) in [6.07, 6.45) is -2.23. The maximum atomic E-state index is 14.9. The molecule has 204 valence electrons. The minimum absolute atomic E-state index is 0.181. The van der Waals surface area contributed by atoms with Crippen molar-refractivity contribution < 1.29 is 31.8 Å². The molecule has 1 fully saturated rings. The van der Waals surface area contributed by atoms with Crippen molar-refractivity contribution in [2.75, 3.05) is 49.7 Å². The molecule has 1 aromatic carbocycles. The average Bonchev–Trinajstić information content (AvgIpc) is 2.93. The summed E-state index contributed by atoms with van der Waals surface area (Å²) in [5, 5.41) is 2.38. The molecule has 0 saturated carbocycles. The molecule has 1 N–H and O–H groups in total. The van der Waals surface area contributed by atoms with Crippen LogP contribution in [0, 0.1) is 24.6 Å². The van der Waals surface area contributed by atoms with Crippen LogP contribution in [0.2, 0.25) is 0 Å². The molecule has 0 radical (unpaired) electrons. The van der Waals surface area contributed by atoms with Gasteiger partial charge in [-0.2, -0.15) is 13.2 Å². The predicted molar refractivity (Wildman–Crippen MR) is 138 cm³/mol. The van der Waals surface area contributed by atoms with Gasteiger partial charge in [0.1, 0.15) is 23.8 Å². The van der Waals surface area contributed by atoms with Crippen LogP contribution in [-0.4, -0.2) is 55.4 Å². The van der Waals surface area contributed by atoms with Crippen molar-refractivity contribution in [3.8, 4) is 23.0 Å². The number of halogens is 4. The summed E-state index contributed by atoms with van der Waals surface area (Å²) in [5.41, 5.74) is 1.48. The molecule has 1 amide bonds. The van der Waals surface area contributed by atoms with Gasteiger partial charge in [0.25, 0.3) is 5.91 Å². The van der Waals surface area contributed by atoms with E-state index >= 15 is 0 Å². The predicted octanol–water partition coefficient (Wildman–Crippen LogP) is 5.09. The Morgan fingerprint density at radius 2 is 1.95 bits per heavy atom. The van der Waals surface area contributed by atoms with Crippen molar-refractivity contribution in [1.29, 1.82) is 0 Å². The molecule has 2 aromatic heterocycles. The van der Waals surface area contributed by atoms with Crippen molar-refractivity contribution >= 4 is 17.3 Å². The van der Waals surface area contributed by atoms with E-state index in [9.17, 15) is 22.4 Å². The SMILES string of the molecule is CCOCC#Cc1ncc(-c2cc(NC(=O)c3ccnc(C(F)(F)F)c3)c(F)cc2C)cc1N1CCOCC1. The second-order valence-electron chi connectivity index (χ2n) is 8.66. The number of amides is 1. The van der Waals surface area contributed by atoms with E-state index in [-0.39, 0.29) is 17.9 Å². The van der Waals surface area contributed by atoms with E-state index in [2.05, 4.69) is 32.0 Å². The van der Waals surface area contributed by atoms with Crippen molar-refractivity contribution in [3.63, 3.8) is 0 Å². The van der Waals surface area contributed by atoms with Gasteiger partial charge in [-0.15, -0.1) is 0 Å². The zero-order chi connectivity index (χ0) is 28.0. The van der Waals surface area contributed by atoms with E-state index in [0.29, 0.717) is 61.4 Å². The lowest BCUT2D eigenvalue weighted by Gasteiger charge is -2.29. The van der Waals surface area contributed by atoms with Crippen LogP contribution in [0.4, 0.5) is 28.9 Å². The molecule has 11 heteroatoms. The molecule has 1 aliphatic rings. The lowest BCUT2D eigenvalue weighted by molar-refractivity contribution is -0.141. The maximum absolute atomic E-state index is 14.9. The molecular formula is C28H26F4N4O3. The third-order valence-electron chi connectivity index (χ3n) is 5.99. The standard InChI is InChI=1S/C28H26F4N4O3/c1-3-38-10-4-5-23-25(36-8-11-39-12-9-36)14-20(17-34-23)21-16-24(22(29)13-18(21)2)35-27(37)19-6-7-33-26(15-19)28(30,31)32/h6-7,13-17H,3,8-12H2,1-2H3,(H,35,37). The molecule has 1 saturated heterocycles. The first-order valence-corrected chi connectivity index (χ1v) is 12.2. The minimum Gasteiger partial charge on any atom is -0.378 e. The molecule has 1 aliphatic heterocycles. The molecule has 0 unspecified atom stereocenters. The number of hydrogen-bond acceptors (Lipinski definition) is 6. The molecule has 0 spiro atoms. The van der Waals surface area contributed by atoms with Crippen LogP contribution in [-0.2, 0) is 15.7 Å². The Bertz CT molecular complexity index is 1410. The third kappa shape index (κ3) is 6.90. The van der Waals surface area contributed by atoms with Gasteiger partial charge in [-0.3, -0.25) is 9.78 Å². The van der Waals surface area contributed by atoms with E-state index in [1.165, 1.54) is 12.1 Å². The van der Waals surface area contributed by atoms with E-state index in [0.717, 1.165) is 18.0 Å². The highest BCUT2D eigenvalue weighted by atomic mass is 19.4. The highest BCUT2D eigenvalue weighted by Crippen LogP contribution is 2.33. The molecule has 7 nitrogen and oxygen atoms in total. The van der Waals surface area contributed by atoms with Crippen LogP contribution >= 0.6 is 0 Å². The Balaban J connectivity index is 1.68. The number of nitrogens with one attached hydrogen (secondary N) is 1. The van der Waals surface area contributed by atoms with Gasteiger partial charge in [-0.1, -0.05) is 5.92 Å². The maximum Gasteiger partial charge on any atom is 0.433 e. The van der Waals surface area contributed by atoms with Gasteiger partial charge in [0.05, 0.1) is 24.6 Å². The van der Waals surface area contributed by atoms with Crippen molar-refractivity contribution in [2.45, 2.75) is 20.0 Å². The first-order chi connectivity index (χ1) is 18.7. The molecule has 4 rings (SSSR count). The van der Waals surface area contributed by atoms with E-state index < -0.39 is 23.6 Å². The highest BCUT2D eigenvalue weighted by Gasteiger charge is 2.33. The lowest BCUT2D eigenvalue weighted by atomic mass is 9.99. The first-order valence-electron chi connectivity index (χ1n) is 12.2. The minimum atomic E-state index is -4.72. The molecule has 0 aliphatic carbocycles. The fourth-order valence-corrected chi connectivity index (χ4v) is 4.02. The van der Waals surface area contributed by atoms with Crippen LogP contribution in [0.5, 0.6) is 0 Å². The lowest BCUT2D eigenvalue weighted by Crippen LogP contribution is -2.36. The zero-order valence-corrected chi connectivity index (χ0v) is 21.4. The fourth-order valence-electron chi connectivity index (χ4n) is 4.02. The number of aryl methyl sites for hydroxylation is 1. The smallest absolute Gasteiger partial charge is 0.378 e. The number of nitrogens with zero attached hydrogens (tertiary/aromatic N) is 3. The van der Waals surface area contributed by atoms with Crippen molar-refractivity contribution in [1.82, 2.24) is 9.97 Å². The Morgan fingerprint density at radius 1 is 1.18 bits per heavy atom. The van der Waals surface area contributed by atoms with E-state index in [1.54, 1.807) is 13.1 Å². The van der Waals surface area contributed by atoms with Gasteiger partial charge in [-0.25, -0.2) is 9.37 Å². The van der Waals surface area contributed by atoms with Gasteiger partial charge < -0.3 is 19.7 Å². The number of aromatic nitrogens is 2. The second-order valence-corrected chi connectivity index (χ2v) is 8.66. The monoisotopic (exact) mass is 542 g/mol. The van der Waals surface area contributed by atoms with Crippen LogP contribution in [0.3, 0.4) is 0 Å². The number of pyridine rings is 2. The van der Waals surface area contributed by atoms with Gasteiger partial charge in [-0.05, 0) is 61.2 Å². The average molecular weight is 543 g/mol. The van der Waals surface area contributed by atoms with Crippen LogP contribution in [0.1, 0.15) is 34.2 Å². The van der Waals surface area contributed by atoms with E-state index in [1.807, 2.05) is 13.0 Å². The molecule has 0 bridgehead atoms. The quantitative estimate of drug-likeness (QED) is 0.266. The van der Waals surface area contributed by atoms with E-state index in [4.69, 9.17) is 9.47 Å². The molecular weight excluding hydrogens is 516 g/mol. The van der Waals surface area contributed by atoms with Gasteiger partial charge in [0.2, 0.25) is 0 Å².